The Morgan fingerprint density at radius 2 is 2.10 bits per heavy atom. The summed E-state index contributed by atoms with van der Waals surface area (Å²) >= 11 is 0. The van der Waals surface area contributed by atoms with Crippen LogP contribution in [0.4, 0.5) is 0 Å². The monoisotopic (exact) mass is 268 g/mol. The topological polar surface area (TPSA) is 34.1 Å². The minimum atomic E-state index is 0.565. The lowest BCUT2D eigenvalue weighted by Gasteiger charge is -2.12. The molecular formula is C17H20N2O. The third-order valence-corrected chi connectivity index (χ3v) is 3.46. The molecule has 2 aromatic rings. The van der Waals surface area contributed by atoms with Crippen molar-refractivity contribution in [1.82, 2.24) is 10.3 Å². The van der Waals surface area contributed by atoms with Crippen molar-refractivity contribution in [2.75, 3.05) is 0 Å². The van der Waals surface area contributed by atoms with Crippen LogP contribution in [0.25, 0.3) is 0 Å². The van der Waals surface area contributed by atoms with E-state index in [9.17, 15) is 0 Å². The van der Waals surface area contributed by atoms with Crippen molar-refractivity contribution in [3.05, 3.63) is 59.4 Å². The van der Waals surface area contributed by atoms with Gasteiger partial charge in [-0.05, 0) is 37.5 Å². The van der Waals surface area contributed by atoms with E-state index in [-0.39, 0.29) is 0 Å². The standard InChI is InChI=1S/C17H20N2O/c1-13-8-14(10-18-9-13)12-20-17-5-3-2-4-15(17)11-19-16-6-7-16/h2-5,8-10,16,19H,6-7,11-12H2,1H3. The molecule has 0 aliphatic heterocycles. The summed E-state index contributed by atoms with van der Waals surface area (Å²) in [5.74, 6) is 0.960. The lowest BCUT2D eigenvalue weighted by Crippen LogP contribution is -2.16. The number of nitrogens with zero attached hydrogens (tertiary/aromatic N) is 1. The summed E-state index contributed by atoms with van der Waals surface area (Å²) in [4.78, 5) is 4.19. The summed E-state index contributed by atoms with van der Waals surface area (Å²) in [6.07, 6.45) is 6.32. The van der Waals surface area contributed by atoms with Crippen LogP contribution in [0.5, 0.6) is 5.75 Å². The fourth-order valence-electron chi connectivity index (χ4n) is 2.19. The first kappa shape index (κ1) is 13.1. The summed E-state index contributed by atoms with van der Waals surface area (Å²) < 4.78 is 5.95. The van der Waals surface area contributed by atoms with Gasteiger partial charge in [-0.1, -0.05) is 18.2 Å². The number of ether oxygens (including phenoxy) is 1. The molecule has 3 nitrogen and oxygen atoms in total. The number of aromatic nitrogens is 1. The molecule has 0 saturated heterocycles. The van der Waals surface area contributed by atoms with Gasteiger partial charge in [0, 0.05) is 36.1 Å². The molecular weight excluding hydrogens is 248 g/mol. The van der Waals surface area contributed by atoms with Crippen LogP contribution in [-0.2, 0) is 13.2 Å². The molecule has 0 radical (unpaired) electrons. The molecule has 0 unspecified atom stereocenters. The SMILES string of the molecule is Cc1cncc(COc2ccccc2CNC2CC2)c1. The second kappa shape index (κ2) is 6.06. The molecule has 1 fully saturated rings. The van der Waals surface area contributed by atoms with Crippen molar-refractivity contribution in [2.24, 2.45) is 0 Å². The van der Waals surface area contributed by atoms with Crippen LogP contribution >= 0.6 is 0 Å². The van der Waals surface area contributed by atoms with Gasteiger partial charge in [0.15, 0.2) is 0 Å². The Bertz CT molecular complexity index is 579. The highest BCUT2D eigenvalue weighted by atomic mass is 16.5. The molecule has 104 valence electrons. The van der Waals surface area contributed by atoms with Crippen LogP contribution in [0.1, 0.15) is 29.5 Å². The van der Waals surface area contributed by atoms with Gasteiger partial charge in [-0.2, -0.15) is 0 Å². The first-order valence-electron chi connectivity index (χ1n) is 7.16. The molecule has 1 aromatic heterocycles. The highest BCUT2D eigenvalue weighted by molar-refractivity contribution is 5.33. The Morgan fingerprint density at radius 1 is 1.25 bits per heavy atom. The summed E-state index contributed by atoms with van der Waals surface area (Å²) in [5.41, 5.74) is 3.49. The van der Waals surface area contributed by atoms with Crippen molar-refractivity contribution < 1.29 is 4.74 Å². The molecule has 1 aliphatic rings. The minimum absolute atomic E-state index is 0.565. The maximum atomic E-state index is 5.95. The molecule has 1 aromatic carbocycles. The van der Waals surface area contributed by atoms with Crippen LogP contribution in [0.3, 0.4) is 0 Å². The summed E-state index contributed by atoms with van der Waals surface area (Å²) in [7, 11) is 0. The van der Waals surface area contributed by atoms with Crippen LogP contribution < -0.4 is 10.1 Å². The van der Waals surface area contributed by atoms with E-state index in [0.29, 0.717) is 12.6 Å². The van der Waals surface area contributed by atoms with E-state index in [2.05, 4.69) is 28.5 Å². The minimum Gasteiger partial charge on any atom is -0.489 e. The van der Waals surface area contributed by atoms with Crippen molar-refractivity contribution in [3.8, 4) is 5.75 Å². The second-order valence-electron chi connectivity index (χ2n) is 5.42. The Labute approximate surface area is 120 Å². The fourth-order valence-corrected chi connectivity index (χ4v) is 2.19. The van der Waals surface area contributed by atoms with Gasteiger partial charge in [-0.25, -0.2) is 0 Å². The van der Waals surface area contributed by atoms with Gasteiger partial charge in [0.2, 0.25) is 0 Å². The van der Waals surface area contributed by atoms with E-state index < -0.39 is 0 Å². The van der Waals surface area contributed by atoms with Gasteiger partial charge in [-0.15, -0.1) is 0 Å². The Hall–Kier alpha value is -1.87. The molecule has 0 atom stereocenters. The van der Waals surface area contributed by atoms with Gasteiger partial charge in [0.1, 0.15) is 12.4 Å². The Kier molecular flexibility index (Phi) is 3.97. The van der Waals surface area contributed by atoms with Crippen LogP contribution in [-0.4, -0.2) is 11.0 Å². The first-order valence-corrected chi connectivity index (χ1v) is 7.16. The van der Waals surface area contributed by atoms with E-state index in [1.54, 1.807) is 0 Å². The van der Waals surface area contributed by atoms with E-state index in [4.69, 9.17) is 4.74 Å². The lowest BCUT2D eigenvalue weighted by molar-refractivity contribution is 0.301. The predicted molar refractivity (Wildman–Crippen MR) is 79.6 cm³/mol. The average molecular weight is 268 g/mol. The predicted octanol–water partition coefficient (Wildman–Crippen LogP) is 3.22. The van der Waals surface area contributed by atoms with Crippen LogP contribution in [0, 0.1) is 6.92 Å². The van der Waals surface area contributed by atoms with E-state index in [0.717, 1.165) is 23.4 Å². The smallest absolute Gasteiger partial charge is 0.124 e. The number of hydrogen-bond acceptors (Lipinski definition) is 3. The molecule has 1 N–H and O–H groups in total. The summed E-state index contributed by atoms with van der Waals surface area (Å²) in [6, 6.07) is 11.1. The quantitative estimate of drug-likeness (QED) is 0.873. The van der Waals surface area contributed by atoms with Crippen LogP contribution in [0.15, 0.2) is 42.7 Å². The zero-order valence-electron chi connectivity index (χ0n) is 11.8. The number of aryl methyl sites for hydroxylation is 1. The second-order valence-corrected chi connectivity index (χ2v) is 5.42. The molecule has 20 heavy (non-hydrogen) atoms. The number of rotatable bonds is 6. The van der Waals surface area contributed by atoms with E-state index in [1.165, 1.54) is 18.4 Å². The summed E-state index contributed by atoms with van der Waals surface area (Å²) in [5, 5.41) is 3.53. The third kappa shape index (κ3) is 3.58. The average Bonchev–Trinajstić information content (AvgIpc) is 3.28. The van der Waals surface area contributed by atoms with Gasteiger partial charge in [-0.3, -0.25) is 4.98 Å². The molecule has 0 spiro atoms. The molecule has 1 saturated carbocycles. The zero-order chi connectivity index (χ0) is 13.8. The molecule has 1 heterocycles. The number of benzene rings is 1. The largest absolute Gasteiger partial charge is 0.489 e. The molecule has 3 heteroatoms. The van der Waals surface area contributed by atoms with E-state index in [1.807, 2.05) is 31.5 Å². The number of para-hydroxylation sites is 1. The lowest BCUT2D eigenvalue weighted by atomic mass is 10.2. The summed E-state index contributed by atoms with van der Waals surface area (Å²) in [6.45, 7) is 3.49. The van der Waals surface area contributed by atoms with Crippen molar-refractivity contribution in [2.45, 2.75) is 39.0 Å². The van der Waals surface area contributed by atoms with Crippen molar-refractivity contribution in [1.29, 1.82) is 0 Å². The third-order valence-electron chi connectivity index (χ3n) is 3.46. The van der Waals surface area contributed by atoms with E-state index >= 15 is 0 Å². The van der Waals surface area contributed by atoms with Gasteiger partial charge in [0.25, 0.3) is 0 Å². The van der Waals surface area contributed by atoms with Crippen molar-refractivity contribution in [3.63, 3.8) is 0 Å². The molecule has 1 aliphatic carbocycles. The Morgan fingerprint density at radius 3 is 2.90 bits per heavy atom. The number of nitrogens with one attached hydrogen (secondary N) is 1. The maximum Gasteiger partial charge on any atom is 0.124 e. The van der Waals surface area contributed by atoms with Crippen LogP contribution in [0.2, 0.25) is 0 Å². The van der Waals surface area contributed by atoms with Crippen molar-refractivity contribution >= 4 is 0 Å². The Balaban J connectivity index is 1.63. The highest BCUT2D eigenvalue weighted by Crippen LogP contribution is 2.23. The maximum absolute atomic E-state index is 5.95. The zero-order valence-corrected chi connectivity index (χ0v) is 11.8. The van der Waals surface area contributed by atoms with Gasteiger partial charge < -0.3 is 10.1 Å². The molecule has 3 rings (SSSR count). The van der Waals surface area contributed by atoms with Gasteiger partial charge >= 0.3 is 0 Å². The number of hydrogen-bond donors (Lipinski definition) is 1. The molecule has 0 amide bonds. The highest BCUT2D eigenvalue weighted by Gasteiger charge is 2.20. The number of pyridine rings is 1. The normalized spacial score (nSPS) is 14.2. The first-order chi connectivity index (χ1) is 9.81. The fraction of sp³-hybridized carbons (Fsp3) is 0.353. The molecule has 0 bridgehead atoms. The van der Waals surface area contributed by atoms with Gasteiger partial charge in [0.05, 0.1) is 0 Å².